The Bertz CT molecular complexity index is 548. The van der Waals surface area contributed by atoms with Crippen LogP contribution in [0.3, 0.4) is 0 Å². The van der Waals surface area contributed by atoms with E-state index in [9.17, 15) is 9.59 Å². The van der Waals surface area contributed by atoms with Crippen molar-refractivity contribution in [3.05, 3.63) is 28.2 Å². The minimum atomic E-state index is -0.762. The molecule has 114 valence electrons. The zero-order valence-electron chi connectivity index (χ0n) is 11.9. The number of urea groups is 1. The molecule has 0 aliphatic heterocycles. The first-order valence-electron chi connectivity index (χ1n) is 7.02. The SMILES string of the molecule is Cc1c(Br)cccc1NC(=O)NCC1CCCC1C(=O)O. The van der Waals surface area contributed by atoms with Gasteiger partial charge in [0.1, 0.15) is 0 Å². The lowest BCUT2D eigenvalue weighted by Gasteiger charge is -2.17. The van der Waals surface area contributed by atoms with E-state index in [-0.39, 0.29) is 17.9 Å². The van der Waals surface area contributed by atoms with E-state index in [2.05, 4.69) is 26.6 Å². The first kappa shape index (κ1) is 15.8. The molecular weight excluding hydrogens is 336 g/mol. The molecule has 21 heavy (non-hydrogen) atoms. The first-order valence-corrected chi connectivity index (χ1v) is 7.81. The monoisotopic (exact) mass is 354 g/mol. The van der Waals surface area contributed by atoms with E-state index in [0.29, 0.717) is 13.0 Å². The fourth-order valence-corrected chi connectivity index (χ4v) is 3.11. The Hall–Kier alpha value is -1.56. The van der Waals surface area contributed by atoms with Gasteiger partial charge in [0.05, 0.1) is 5.92 Å². The molecule has 1 aromatic carbocycles. The number of aliphatic carboxylic acids is 1. The molecule has 1 saturated carbocycles. The minimum absolute atomic E-state index is 0.0249. The number of hydrogen-bond donors (Lipinski definition) is 3. The number of nitrogens with one attached hydrogen (secondary N) is 2. The average molecular weight is 355 g/mol. The van der Waals surface area contributed by atoms with Crippen LogP contribution in [0, 0.1) is 18.8 Å². The van der Waals surface area contributed by atoms with Crippen LogP contribution in [0.15, 0.2) is 22.7 Å². The second-order valence-corrected chi connectivity index (χ2v) is 6.24. The predicted octanol–water partition coefficient (Wildman–Crippen LogP) is 3.38. The average Bonchev–Trinajstić information content (AvgIpc) is 2.90. The summed E-state index contributed by atoms with van der Waals surface area (Å²) in [5, 5.41) is 14.7. The topological polar surface area (TPSA) is 78.4 Å². The molecule has 5 nitrogen and oxygen atoms in total. The molecule has 0 bridgehead atoms. The molecule has 1 aliphatic rings. The third-order valence-electron chi connectivity index (χ3n) is 4.02. The van der Waals surface area contributed by atoms with Gasteiger partial charge < -0.3 is 15.7 Å². The Morgan fingerprint density at radius 1 is 1.38 bits per heavy atom. The van der Waals surface area contributed by atoms with E-state index in [1.54, 1.807) is 0 Å². The fraction of sp³-hybridized carbons (Fsp3) is 0.467. The molecule has 0 heterocycles. The van der Waals surface area contributed by atoms with Crippen molar-refractivity contribution >= 4 is 33.6 Å². The molecule has 3 N–H and O–H groups in total. The molecule has 2 amide bonds. The van der Waals surface area contributed by atoms with Crippen LogP contribution in [0.25, 0.3) is 0 Å². The Morgan fingerprint density at radius 2 is 2.14 bits per heavy atom. The van der Waals surface area contributed by atoms with Crippen molar-refractivity contribution in [2.75, 3.05) is 11.9 Å². The van der Waals surface area contributed by atoms with Crippen LogP contribution in [-0.4, -0.2) is 23.7 Å². The molecular formula is C15H19BrN2O3. The highest BCUT2D eigenvalue weighted by molar-refractivity contribution is 9.10. The van der Waals surface area contributed by atoms with Crippen molar-refractivity contribution in [3.63, 3.8) is 0 Å². The number of amides is 2. The summed E-state index contributed by atoms with van der Waals surface area (Å²) in [5.74, 6) is -1.07. The normalized spacial score (nSPS) is 21.0. The van der Waals surface area contributed by atoms with Gasteiger partial charge >= 0.3 is 12.0 Å². The van der Waals surface area contributed by atoms with Crippen LogP contribution in [0.5, 0.6) is 0 Å². The van der Waals surface area contributed by atoms with Gasteiger partial charge in [-0.3, -0.25) is 4.79 Å². The lowest BCUT2D eigenvalue weighted by molar-refractivity contribution is -0.142. The van der Waals surface area contributed by atoms with Gasteiger partial charge in [-0.2, -0.15) is 0 Å². The maximum atomic E-state index is 11.9. The summed E-state index contributed by atoms with van der Waals surface area (Å²) in [5.41, 5.74) is 1.69. The lowest BCUT2D eigenvalue weighted by Crippen LogP contribution is -2.35. The summed E-state index contributed by atoms with van der Waals surface area (Å²) in [4.78, 5) is 23.0. The first-order chi connectivity index (χ1) is 9.99. The second-order valence-electron chi connectivity index (χ2n) is 5.38. The number of rotatable bonds is 4. The highest BCUT2D eigenvalue weighted by Crippen LogP contribution is 2.31. The maximum absolute atomic E-state index is 11.9. The number of anilines is 1. The number of hydrogen-bond acceptors (Lipinski definition) is 2. The Kier molecular flexibility index (Phi) is 5.22. The smallest absolute Gasteiger partial charge is 0.319 e. The van der Waals surface area contributed by atoms with Crippen molar-refractivity contribution in [2.45, 2.75) is 26.2 Å². The molecule has 1 aromatic rings. The summed E-state index contributed by atoms with van der Waals surface area (Å²) < 4.78 is 0.932. The molecule has 0 spiro atoms. The quantitative estimate of drug-likeness (QED) is 0.775. The van der Waals surface area contributed by atoms with Gasteiger partial charge in [-0.15, -0.1) is 0 Å². The fourth-order valence-electron chi connectivity index (χ4n) is 2.74. The minimum Gasteiger partial charge on any atom is -0.481 e. The number of benzene rings is 1. The number of carbonyl (C=O) groups is 2. The standard InChI is InChI=1S/C15H19BrN2O3/c1-9-12(16)6-3-7-13(9)18-15(21)17-8-10-4-2-5-11(10)14(19)20/h3,6-7,10-11H,2,4-5,8H2,1H3,(H,19,20)(H2,17,18,21). The number of carbonyl (C=O) groups excluding carboxylic acids is 1. The molecule has 2 atom stereocenters. The lowest BCUT2D eigenvalue weighted by atomic mass is 9.96. The Labute approximate surface area is 132 Å². The van der Waals surface area contributed by atoms with Crippen molar-refractivity contribution in [3.8, 4) is 0 Å². The second kappa shape index (κ2) is 6.93. The van der Waals surface area contributed by atoms with E-state index in [1.807, 2.05) is 25.1 Å². The molecule has 6 heteroatoms. The summed E-state index contributed by atoms with van der Waals surface area (Å²) in [7, 11) is 0. The third-order valence-corrected chi connectivity index (χ3v) is 4.88. The van der Waals surface area contributed by atoms with Gasteiger partial charge in [0, 0.05) is 16.7 Å². The molecule has 0 aromatic heterocycles. The third kappa shape index (κ3) is 3.97. The summed E-state index contributed by atoms with van der Waals surface area (Å²) >= 11 is 3.42. The zero-order chi connectivity index (χ0) is 15.4. The number of carboxylic acid groups (broad SMARTS) is 1. The van der Waals surface area contributed by atoms with Gasteiger partial charge in [-0.25, -0.2) is 4.79 Å². The Balaban J connectivity index is 1.88. The van der Waals surface area contributed by atoms with E-state index < -0.39 is 5.97 Å². The van der Waals surface area contributed by atoms with Crippen LogP contribution in [-0.2, 0) is 4.79 Å². The maximum Gasteiger partial charge on any atom is 0.319 e. The van der Waals surface area contributed by atoms with Crippen LogP contribution in [0.4, 0.5) is 10.5 Å². The summed E-state index contributed by atoms with van der Waals surface area (Å²) in [6.07, 6.45) is 2.47. The van der Waals surface area contributed by atoms with E-state index >= 15 is 0 Å². The van der Waals surface area contributed by atoms with E-state index in [4.69, 9.17) is 5.11 Å². The summed E-state index contributed by atoms with van der Waals surface area (Å²) in [6.45, 7) is 2.31. The Morgan fingerprint density at radius 3 is 2.86 bits per heavy atom. The molecule has 2 unspecified atom stereocenters. The van der Waals surface area contributed by atoms with E-state index in [1.165, 1.54) is 0 Å². The summed E-state index contributed by atoms with van der Waals surface area (Å²) in [6, 6.07) is 5.29. The van der Waals surface area contributed by atoms with Crippen LogP contribution in [0.1, 0.15) is 24.8 Å². The van der Waals surface area contributed by atoms with Gasteiger partial charge in [0.15, 0.2) is 0 Å². The van der Waals surface area contributed by atoms with Crippen molar-refractivity contribution < 1.29 is 14.7 Å². The molecule has 2 rings (SSSR count). The molecule has 1 aliphatic carbocycles. The van der Waals surface area contributed by atoms with Gasteiger partial charge in [-0.1, -0.05) is 28.4 Å². The van der Waals surface area contributed by atoms with Crippen molar-refractivity contribution in [1.29, 1.82) is 0 Å². The van der Waals surface area contributed by atoms with Crippen LogP contribution in [0.2, 0.25) is 0 Å². The predicted molar refractivity (Wildman–Crippen MR) is 84.4 cm³/mol. The highest BCUT2D eigenvalue weighted by Gasteiger charge is 2.32. The number of carboxylic acids is 1. The molecule has 0 radical (unpaired) electrons. The van der Waals surface area contributed by atoms with Gasteiger partial charge in [0.25, 0.3) is 0 Å². The van der Waals surface area contributed by atoms with Gasteiger partial charge in [0.2, 0.25) is 0 Å². The molecule has 0 saturated heterocycles. The van der Waals surface area contributed by atoms with Crippen molar-refractivity contribution in [1.82, 2.24) is 5.32 Å². The van der Waals surface area contributed by atoms with Crippen LogP contribution >= 0.6 is 15.9 Å². The number of halogens is 1. The van der Waals surface area contributed by atoms with E-state index in [0.717, 1.165) is 28.6 Å². The largest absolute Gasteiger partial charge is 0.481 e. The zero-order valence-corrected chi connectivity index (χ0v) is 13.4. The molecule has 1 fully saturated rings. The highest BCUT2D eigenvalue weighted by atomic mass is 79.9. The van der Waals surface area contributed by atoms with Crippen molar-refractivity contribution in [2.24, 2.45) is 11.8 Å². The van der Waals surface area contributed by atoms with Gasteiger partial charge in [-0.05, 0) is 43.4 Å². The van der Waals surface area contributed by atoms with Crippen LogP contribution < -0.4 is 10.6 Å².